The molecule has 1 heterocycles. The lowest BCUT2D eigenvalue weighted by molar-refractivity contribution is -0.142. The predicted molar refractivity (Wildman–Crippen MR) is 96.3 cm³/mol. The van der Waals surface area contributed by atoms with Crippen LogP contribution in [0.15, 0.2) is 48.7 Å². The third kappa shape index (κ3) is 3.59. The van der Waals surface area contributed by atoms with Crippen LogP contribution in [0.1, 0.15) is 22.7 Å². The van der Waals surface area contributed by atoms with Crippen LogP contribution < -0.4 is 5.32 Å². The van der Waals surface area contributed by atoms with Crippen LogP contribution in [0.5, 0.6) is 0 Å². The van der Waals surface area contributed by atoms with Gasteiger partial charge in [0.05, 0.1) is 0 Å². The summed E-state index contributed by atoms with van der Waals surface area (Å²) in [6, 6.07) is 10.6. The van der Waals surface area contributed by atoms with Crippen molar-refractivity contribution in [2.24, 2.45) is 0 Å². The van der Waals surface area contributed by atoms with Gasteiger partial charge in [0.25, 0.3) is 0 Å². The molecule has 2 aromatic carbocycles. The molecule has 3 aromatic rings. The number of carbonyl (C=O) groups is 2. The number of rotatable bonds is 5. The van der Waals surface area contributed by atoms with Crippen LogP contribution in [0.4, 0.5) is 4.39 Å². The van der Waals surface area contributed by atoms with Gasteiger partial charge in [-0.3, -0.25) is 4.79 Å². The van der Waals surface area contributed by atoms with Gasteiger partial charge < -0.3 is 15.0 Å². The molecule has 134 valence electrons. The Hall–Kier alpha value is -3.15. The topological polar surface area (TPSA) is 71.3 Å². The Morgan fingerprint density at radius 1 is 1.15 bits per heavy atom. The third-order valence-corrected chi connectivity index (χ3v) is 4.31. The number of nitrogens with zero attached hydrogens (tertiary/aromatic N) is 1. The highest BCUT2D eigenvalue weighted by atomic mass is 19.1. The monoisotopic (exact) mass is 354 g/mol. The number of aromatic nitrogens is 1. The molecule has 1 aromatic heterocycles. The molecule has 0 aliphatic heterocycles. The number of fused-ring (bicyclic) bond motifs is 1. The Morgan fingerprint density at radius 2 is 1.92 bits per heavy atom. The Labute approximate surface area is 150 Å². The van der Waals surface area contributed by atoms with E-state index in [2.05, 4.69) is 5.32 Å². The van der Waals surface area contributed by atoms with E-state index in [0.29, 0.717) is 11.1 Å². The lowest BCUT2D eigenvalue weighted by Gasteiger charge is -2.16. The fourth-order valence-corrected chi connectivity index (χ4v) is 2.95. The van der Waals surface area contributed by atoms with E-state index in [4.69, 9.17) is 0 Å². The van der Waals surface area contributed by atoms with Crippen molar-refractivity contribution in [3.05, 3.63) is 71.2 Å². The maximum atomic E-state index is 13.4. The SMILES string of the molecule is Cc1ccc2c(ccn2CC(=O)NC(C(=O)O)c2ccc(F)c(C)c2)c1. The zero-order valence-corrected chi connectivity index (χ0v) is 14.5. The van der Waals surface area contributed by atoms with Gasteiger partial charge in [0.1, 0.15) is 12.4 Å². The maximum absolute atomic E-state index is 13.4. The van der Waals surface area contributed by atoms with Gasteiger partial charge in [-0.05, 0) is 54.6 Å². The lowest BCUT2D eigenvalue weighted by Crippen LogP contribution is -2.35. The van der Waals surface area contributed by atoms with Crippen LogP contribution in [0.3, 0.4) is 0 Å². The van der Waals surface area contributed by atoms with Gasteiger partial charge >= 0.3 is 5.97 Å². The quantitative estimate of drug-likeness (QED) is 0.738. The summed E-state index contributed by atoms with van der Waals surface area (Å²) in [7, 11) is 0. The minimum Gasteiger partial charge on any atom is -0.479 e. The Kier molecular flexibility index (Phi) is 4.75. The summed E-state index contributed by atoms with van der Waals surface area (Å²) in [6.45, 7) is 3.54. The fourth-order valence-electron chi connectivity index (χ4n) is 2.95. The summed E-state index contributed by atoms with van der Waals surface area (Å²) in [4.78, 5) is 24.0. The van der Waals surface area contributed by atoms with Crippen molar-refractivity contribution < 1.29 is 19.1 Å². The number of benzene rings is 2. The van der Waals surface area contributed by atoms with Crippen molar-refractivity contribution in [3.63, 3.8) is 0 Å². The number of aliphatic carboxylic acids is 1. The normalized spacial score (nSPS) is 12.1. The number of hydrogen-bond donors (Lipinski definition) is 2. The first kappa shape index (κ1) is 17.7. The highest BCUT2D eigenvalue weighted by Crippen LogP contribution is 2.19. The number of hydrogen-bond acceptors (Lipinski definition) is 2. The average molecular weight is 354 g/mol. The summed E-state index contributed by atoms with van der Waals surface area (Å²) in [5.74, 6) is -2.05. The van der Waals surface area contributed by atoms with E-state index in [1.807, 2.05) is 31.2 Å². The van der Waals surface area contributed by atoms with Crippen molar-refractivity contribution in [2.45, 2.75) is 26.4 Å². The first-order valence-electron chi connectivity index (χ1n) is 8.19. The van der Waals surface area contributed by atoms with Gasteiger partial charge in [0, 0.05) is 11.7 Å². The largest absolute Gasteiger partial charge is 0.479 e. The minimum absolute atomic E-state index is 0.00345. The summed E-state index contributed by atoms with van der Waals surface area (Å²) in [5, 5.41) is 13.0. The zero-order valence-electron chi connectivity index (χ0n) is 14.5. The van der Waals surface area contributed by atoms with Gasteiger partial charge in [-0.25, -0.2) is 9.18 Å². The average Bonchev–Trinajstić information content (AvgIpc) is 2.97. The molecule has 1 atom stereocenters. The van der Waals surface area contributed by atoms with E-state index in [1.54, 1.807) is 17.7 Å². The van der Waals surface area contributed by atoms with Gasteiger partial charge in [-0.15, -0.1) is 0 Å². The summed E-state index contributed by atoms with van der Waals surface area (Å²) >= 11 is 0. The molecular weight excluding hydrogens is 335 g/mol. The molecule has 2 N–H and O–H groups in total. The molecule has 0 spiro atoms. The van der Waals surface area contributed by atoms with Gasteiger partial charge in [0.15, 0.2) is 6.04 Å². The molecule has 0 radical (unpaired) electrons. The zero-order chi connectivity index (χ0) is 18.8. The molecule has 0 saturated heterocycles. The van der Waals surface area contributed by atoms with Crippen molar-refractivity contribution in [1.29, 1.82) is 0 Å². The molecular formula is C20H19FN2O3. The number of nitrogens with one attached hydrogen (secondary N) is 1. The summed E-state index contributed by atoms with van der Waals surface area (Å²) < 4.78 is 15.2. The molecule has 0 aliphatic carbocycles. The number of carbonyl (C=O) groups excluding carboxylic acids is 1. The minimum atomic E-state index is -1.23. The number of carboxylic acid groups (broad SMARTS) is 1. The van der Waals surface area contributed by atoms with Crippen molar-refractivity contribution in [2.75, 3.05) is 0 Å². The van der Waals surface area contributed by atoms with Gasteiger partial charge in [0.2, 0.25) is 5.91 Å². The van der Waals surface area contributed by atoms with Crippen LogP contribution in [0.25, 0.3) is 10.9 Å². The molecule has 0 aliphatic rings. The standard InChI is InChI=1S/C20H19FN2O3/c1-12-3-6-17-14(9-12)7-8-23(17)11-18(24)22-19(20(25)26)15-4-5-16(21)13(2)10-15/h3-10,19H,11H2,1-2H3,(H,22,24)(H,25,26). The van der Waals surface area contributed by atoms with Crippen molar-refractivity contribution in [1.82, 2.24) is 9.88 Å². The van der Waals surface area contributed by atoms with Crippen LogP contribution in [0.2, 0.25) is 0 Å². The highest BCUT2D eigenvalue weighted by molar-refractivity contribution is 5.87. The van der Waals surface area contributed by atoms with Gasteiger partial charge in [-0.2, -0.15) is 0 Å². The maximum Gasteiger partial charge on any atom is 0.330 e. The second kappa shape index (κ2) is 7.00. The molecule has 5 nitrogen and oxygen atoms in total. The van der Waals surface area contributed by atoms with E-state index in [1.165, 1.54) is 18.2 Å². The predicted octanol–water partition coefficient (Wildman–Crippen LogP) is 3.34. The highest BCUT2D eigenvalue weighted by Gasteiger charge is 2.23. The first-order valence-corrected chi connectivity index (χ1v) is 8.19. The number of amides is 1. The lowest BCUT2D eigenvalue weighted by atomic mass is 10.0. The molecule has 0 fully saturated rings. The molecule has 6 heteroatoms. The molecule has 1 unspecified atom stereocenters. The molecule has 0 bridgehead atoms. The Balaban J connectivity index is 1.79. The summed E-state index contributed by atoms with van der Waals surface area (Å²) in [6.07, 6.45) is 1.79. The molecule has 0 saturated carbocycles. The van der Waals surface area contributed by atoms with E-state index in [0.717, 1.165) is 16.5 Å². The molecule has 26 heavy (non-hydrogen) atoms. The van der Waals surface area contributed by atoms with Crippen LogP contribution >= 0.6 is 0 Å². The number of aryl methyl sites for hydroxylation is 2. The molecule has 3 rings (SSSR count). The summed E-state index contributed by atoms with van der Waals surface area (Å²) in [5.41, 5.74) is 2.68. The first-order chi connectivity index (χ1) is 12.3. The van der Waals surface area contributed by atoms with E-state index in [9.17, 15) is 19.1 Å². The fraction of sp³-hybridized carbons (Fsp3) is 0.200. The number of carboxylic acids is 1. The number of halogens is 1. The smallest absolute Gasteiger partial charge is 0.330 e. The van der Waals surface area contributed by atoms with Crippen LogP contribution in [0, 0.1) is 19.7 Å². The Morgan fingerprint density at radius 3 is 2.62 bits per heavy atom. The van der Waals surface area contributed by atoms with E-state index >= 15 is 0 Å². The van der Waals surface area contributed by atoms with Crippen molar-refractivity contribution >= 4 is 22.8 Å². The van der Waals surface area contributed by atoms with Crippen LogP contribution in [-0.4, -0.2) is 21.6 Å². The van der Waals surface area contributed by atoms with E-state index in [-0.39, 0.29) is 6.54 Å². The van der Waals surface area contributed by atoms with Crippen molar-refractivity contribution in [3.8, 4) is 0 Å². The van der Waals surface area contributed by atoms with Gasteiger partial charge in [-0.1, -0.05) is 23.8 Å². The molecule has 1 amide bonds. The second-order valence-corrected chi connectivity index (χ2v) is 6.35. The second-order valence-electron chi connectivity index (χ2n) is 6.35. The van der Waals surface area contributed by atoms with Crippen LogP contribution in [-0.2, 0) is 16.1 Å². The third-order valence-electron chi connectivity index (χ3n) is 4.31. The van der Waals surface area contributed by atoms with E-state index < -0.39 is 23.7 Å². The Bertz CT molecular complexity index is 994.